The number of halogens is 1. The second-order valence-electron chi connectivity index (χ2n) is 3.30. The molecule has 84 valence electrons. The van der Waals surface area contributed by atoms with Gasteiger partial charge in [0.1, 0.15) is 11.8 Å². The number of hydrogen-bond donors (Lipinski definition) is 0. The van der Waals surface area contributed by atoms with E-state index in [9.17, 15) is 0 Å². The SMILES string of the molecule is COCc1nc(Cl)cc(-n2ccc(C)n2)n1. The molecule has 0 aliphatic rings. The average Bonchev–Trinajstić information content (AvgIpc) is 2.64. The fraction of sp³-hybridized carbons (Fsp3) is 0.300. The molecule has 0 unspecified atom stereocenters. The highest BCUT2D eigenvalue weighted by Gasteiger charge is 2.05. The van der Waals surface area contributed by atoms with Gasteiger partial charge in [-0.1, -0.05) is 11.6 Å². The topological polar surface area (TPSA) is 52.8 Å². The van der Waals surface area contributed by atoms with Gasteiger partial charge >= 0.3 is 0 Å². The Kier molecular flexibility index (Phi) is 3.17. The van der Waals surface area contributed by atoms with E-state index < -0.39 is 0 Å². The predicted molar refractivity (Wildman–Crippen MR) is 59.6 cm³/mol. The van der Waals surface area contributed by atoms with Gasteiger partial charge in [-0.05, 0) is 13.0 Å². The van der Waals surface area contributed by atoms with Gasteiger partial charge in [-0.3, -0.25) is 0 Å². The van der Waals surface area contributed by atoms with Crippen LogP contribution in [0.4, 0.5) is 0 Å². The van der Waals surface area contributed by atoms with Gasteiger partial charge in [0.25, 0.3) is 0 Å². The van der Waals surface area contributed by atoms with Crippen LogP contribution < -0.4 is 0 Å². The quantitative estimate of drug-likeness (QED) is 0.765. The van der Waals surface area contributed by atoms with Crippen molar-refractivity contribution in [3.8, 4) is 5.82 Å². The van der Waals surface area contributed by atoms with Crippen LogP contribution in [0.15, 0.2) is 18.3 Å². The summed E-state index contributed by atoms with van der Waals surface area (Å²) in [5.74, 6) is 1.18. The summed E-state index contributed by atoms with van der Waals surface area (Å²) in [6, 6.07) is 3.55. The molecular weight excluding hydrogens is 228 g/mol. The van der Waals surface area contributed by atoms with Gasteiger partial charge < -0.3 is 4.74 Å². The van der Waals surface area contributed by atoms with Crippen LogP contribution in [0.1, 0.15) is 11.5 Å². The van der Waals surface area contributed by atoms with Crippen molar-refractivity contribution in [2.24, 2.45) is 0 Å². The molecule has 0 spiro atoms. The van der Waals surface area contributed by atoms with Gasteiger partial charge in [0, 0.05) is 19.4 Å². The molecule has 2 aromatic heterocycles. The molecule has 2 heterocycles. The zero-order valence-electron chi connectivity index (χ0n) is 9.01. The molecule has 0 aliphatic heterocycles. The Bertz CT molecular complexity index is 497. The van der Waals surface area contributed by atoms with Crippen LogP contribution in [-0.2, 0) is 11.3 Å². The first kappa shape index (κ1) is 11.0. The lowest BCUT2D eigenvalue weighted by Gasteiger charge is -2.04. The third kappa shape index (κ3) is 2.37. The van der Waals surface area contributed by atoms with Crippen LogP contribution in [0, 0.1) is 6.92 Å². The Morgan fingerprint density at radius 2 is 2.25 bits per heavy atom. The molecular formula is C10H11ClN4O. The molecule has 0 bridgehead atoms. The molecule has 0 aromatic carbocycles. The second kappa shape index (κ2) is 4.59. The van der Waals surface area contributed by atoms with Gasteiger partial charge in [0.05, 0.1) is 5.69 Å². The summed E-state index contributed by atoms with van der Waals surface area (Å²) in [7, 11) is 1.59. The number of rotatable bonds is 3. The average molecular weight is 239 g/mol. The van der Waals surface area contributed by atoms with E-state index in [1.54, 1.807) is 17.9 Å². The number of aromatic nitrogens is 4. The van der Waals surface area contributed by atoms with E-state index in [2.05, 4.69) is 15.1 Å². The highest BCUT2D eigenvalue weighted by atomic mass is 35.5. The van der Waals surface area contributed by atoms with Gasteiger partial charge in [-0.25, -0.2) is 14.6 Å². The van der Waals surface area contributed by atoms with Crippen LogP contribution in [0.25, 0.3) is 5.82 Å². The minimum Gasteiger partial charge on any atom is -0.377 e. The van der Waals surface area contributed by atoms with Crippen molar-refractivity contribution in [2.75, 3.05) is 7.11 Å². The Labute approximate surface area is 98.0 Å². The van der Waals surface area contributed by atoms with E-state index in [1.165, 1.54) is 0 Å². The van der Waals surface area contributed by atoms with Crippen molar-refractivity contribution in [1.82, 2.24) is 19.7 Å². The summed E-state index contributed by atoms with van der Waals surface area (Å²) in [5.41, 5.74) is 0.919. The minimum atomic E-state index is 0.327. The Morgan fingerprint density at radius 3 is 2.88 bits per heavy atom. The smallest absolute Gasteiger partial charge is 0.158 e. The molecule has 2 rings (SSSR count). The number of ether oxygens (including phenoxy) is 1. The molecule has 2 aromatic rings. The maximum absolute atomic E-state index is 5.89. The number of hydrogen-bond acceptors (Lipinski definition) is 4. The molecule has 0 N–H and O–H groups in total. The molecule has 0 atom stereocenters. The third-order valence-corrected chi connectivity index (χ3v) is 2.15. The summed E-state index contributed by atoms with van der Waals surface area (Å²) in [6.07, 6.45) is 1.82. The largest absolute Gasteiger partial charge is 0.377 e. The first-order valence-corrected chi connectivity index (χ1v) is 5.12. The fourth-order valence-electron chi connectivity index (χ4n) is 1.31. The lowest BCUT2D eigenvalue weighted by atomic mass is 10.5. The summed E-state index contributed by atoms with van der Waals surface area (Å²) in [4.78, 5) is 8.33. The standard InChI is InChI=1S/C10H11ClN4O/c1-7-3-4-15(14-7)10-5-8(11)12-9(13-10)6-16-2/h3-5H,6H2,1-2H3. The minimum absolute atomic E-state index is 0.327. The van der Waals surface area contributed by atoms with Gasteiger partial charge in [-0.2, -0.15) is 5.10 Å². The lowest BCUT2D eigenvalue weighted by molar-refractivity contribution is 0.177. The molecule has 6 heteroatoms. The van der Waals surface area contributed by atoms with Crippen LogP contribution in [0.2, 0.25) is 5.15 Å². The number of nitrogens with zero attached hydrogens (tertiary/aromatic N) is 4. The summed E-state index contributed by atoms with van der Waals surface area (Å²) < 4.78 is 6.62. The van der Waals surface area contributed by atoms with Crippen LogP contribution in [-0.4, -0.2) is 26.9 Å². The molecule has 5 nitrogen and oxygen atoms in total. The van der Waals surface area contributed by atoms with Crippen molar-refractivity contribution in [3.05, 3.63) is 35.0 Å². The number of methoxy groups -OCH3 is 1. The van der Waals surface area contributed by atoms with Crippen molar-refractivity contribution in [1.29, 1.82) is 0 Å². The van der Waals surface area contributed by atoms with Crippen LogP contribution >= 0.6 is 11.6 Å². The predicted octanol–water partition coefficient (Wildman–Crippen LogP) is 1.77. The zero-order valence-corrected chi connectivity index (χ0v) is 9.77. The van der Waals surface area contributed by atoms with Crippen molar-refractivity contribution >= 4 is 11.6 Å². The summed E-state index contributed by atoms with van der Waals surface area (Å²) >= 11 is 5.89. The fourth-order valence-corrected chi connectivity index (χ4v) is 1.50. The highest BCUT2D eigenvalue weighted by Crippen LogP contribution is 2.11. The van der Waals surface area contributed by atoms with E-state index in [1.807, 2.05) is 19.2 Å². The molecule has 0 amide bonds. The Hall–Kier alpha value is -1.46. The second-order valence-corrected chi connectivity index (χ2v) is 3.69. The molecule has 0 aliphatic carbocycles. The number of aryl methyl sites for hydroxylation is 1. The summed E-state index contributed by atoms with van der Waals surface area (Å²) in [5, 5.41) is 4.63. The lowest BCUT2D eigenvalue weighted by Crippen LogP contribution is -2.04. The van der Waals surface area contributed by atoms with Crippen molar-refractivity contribution < 1.29 is 4.74 Å². The molecule has 16 heavy (non-hydrogen) atoms. The summed E-state index contributed by atoms with van der Waals surface area (Å²) in [6.45, 7) is 2.24. The van der Waals surface area contributed by atoms with Gasteiger partial charge in [0.15, 0.2) is 11.6 Å². The Morgan fingerprint density at radius 1 is 1.44 bits per heavy atom. The first-order chi connectivity index (χ1) is 7.69. The maximum atomic E-state index is 5.89. The van der Waals surface area contributed by atoms with Crippen molar-refractivity contribution in [3.63, 3.8) is 0 Å². The zero-order chi connectivity index (χ0) is 11.5. The van der Waals surface area contributed by atoms with E-state index in [0.29, 0.717) is 23.4 Å². The molecule has 0 saturated carbocycles. The third-order valence-electron chi connectivity index (χ3n) is 1.96. The van der Waals surface area contributed by atoms with Crippen LogP contribution in [0.5, 0.6) is 0 Å². The molecule has 0 radical (unpaired) electrons. The van der Waals surface area contributed by atoms with E-state index in [-0.39, 0.29) is 0 Å². The molecule has 0 saturated heterocycles. The van der Waals surface area contributed by atoms with Crippen molar-refractivity contribution in [2.45, 2.75) is 13.5 Å². The Balaban J connectivity index is 2.40. The van der Waals surface area contributed by atoms with E-state index >= 15 is 0 Å². The monoisotopic (exact) mass is 238 g/mol. The van der Waals surface area contributed by atoms with Gasteiger partial charge in [-0.15, -0.1) is 0 Å². The van der Waals surface area contributed by atoms with Crippen LogP contribution in [0.3, 0.4) is 0 Å². The van der Waals surface area contributed by atoms with E-state index in [0.717, 1.165) is 5.69 Å². The normalized spacial score (nSPS) is 10.7. The highest BCUT2D eigenvalue weighted by molar-refractivity contribution is 6.29. The van der Waals surface area contributed by atoms with E-state index in [4.69, 9.17) is 16.3 Å². The molecule has 0 fully saturated rings. The first-order valence-electron chi connectivity index (χ1n) is 4.74. The maximum Gasteiger partial charge on any atom is 0.158 e. The van der Waals surface area contributed by atoms with Gasteiger partial charge in [0.2, 0.25) is 0 Å².